The van der Waals surface area contributed by atoms with E-state index in [0.29, 0.717) is 13.0 Å². The van der Waals surface area contributed by atoms with E-state index in [-0.39, 0.29) is 29.2 Å². The summed E-state index contributed by atoms with van der Waals surface area (Å²) in [5.41, 5.74) is 6.33. The summed E-state index contributed by atoms with van der Waals surface area (Å²) in [4.78, 5) is 32.1. The van der Waals surface area contributed by atoms with Crippen molar-refractivity contribution in [1.29, 1.82) is 0 Å². The van der Waals surface area contributed by atoms with Crippen molar-refractivity contribution in [3.05, 3.63) is 30.1 Å². The molecule has 0 unspecified atom stereocenters. The van der Waals surface area contributed by atoms with Crippen LogP contribution >= 0.6 is 0 Å². The zero-order valence-electron chi connectivity index (χ0n) is 15.2. The second-order valence-electron chi connectivity index (χ2n) is 7.85. The van der Waals surface area contributed by atoms with Crippen molar-refractivity contribution in [1.82, 2.24) is 14.8 Å². The van der Waals surface area contributed by atoms with Crippen LogP contribution in [0.5, 0.6) is 0 Å². The number of pyridine rings is 1. The van der Waals surface area contributed by atoms with Gasteiger partial charge in [-0.05, 0) is 57.3 Å². The Morgan fingerprint density at radius 2 is 2.00 bits per heavy atom. The summed E-state index contributed by atoms with van der Waals surface area (Å²) in [5, 5.41) is 0. The van der Waals surface area contributed by atoms with E-state index < -0.39 is 0 Å². The fourth-order valence-corrected chi connectivity index (χ4v) is 4.53. The number of rotatable bonds is 5. The maximum absolute atomic E-state index is 12.4. The lowest BCUT2D eigenvalue weighted by atomic mass is 9.65. The van der Waals surface area contributed by atoms with Crippen LogP contribution in [-0.2, 0) is 15.1 Å². The highest BCUT2D eigenvalue weighted by Gasteiger charge is 2.50. The minimum absolute atomic E-state index is 0.0447. The molecule has 2 amide bonds. The Bertz CT molecular complexity index is 636. The molecule has 0 atom stereocenters. The topological polar surface area (TPSA) is 79.5 Å². The SMILES string of the molecule is CN(C)[C@]1(c2ccccn2)CC[C@@]2(CC1)CC(=O)N(CCC(N)=O)C2. The largest absolute Gasteiger partial charge is 0.370 e. The molecule has 0 radical (unpaired) electrons. The van der Waals surface area contributed by atoms with E-state index in [1.165, 1.54) is 0 Å². The Hall–Kier alpha value is -1.95. The van der Waals surface area contributed by atoms with E-state index in [1.807, 2.05) is 23.2 Å². The molecule has 1 saturated heterocycles. The molecule has 2 N–H and O–H groups in total. The van der Waals surface area contributed by atoms with Gasteiger partial charge in [0.2, 0.25) is 11.8 Å². The summed E-state index contributed by atoms with van der Waals surface area (Å²) in [6, 6.07) is 6.10. The number of hydrogen-bond donors (Lipinski definition) is 1. The third-order valence-corrected chi connectivity index (χ3v) is 6.17. The maximum Gasteiger partial charge on any atom is 0.223 e. The Morgan fingerprint density at radius 3 is 2.56 bits per heavy atom. The summed E-state index contributed by atoms with van der Waals surface area (Å²) >= 11 is 0. The molecule has 3 rings (SSSR count). The van der Waals surface area contributed by atoms with Crippen molar-refractivity contribution in [2.75, 3.05) is 27.2 Å². The number of primary amides is 1. The van der Waals surface area contributed by atoms with Crippen molar-refractivity contribution in [3.8, 4) is 0 Å². The summed E-state index contributed by atoms with van der Waals surface area (Å²) in [5.74, 6) is -0.185. The molecule has 0 bridgehead atoms. The lowest BCUT2D eigenvalue weighted by Gasteiger charge is -2.48. The van der Waals surface area contributed by atoms with E-state index >= 15 is 0 Å². The first-order valence-electron chi connectivity index (χ1n) is 9.02. The first kappa shape index (κ1) is 17.9. The van der Waals surface area contributed by atoms with Crippen LogP contribution in [-0.4, -0.2) is 53.8 Å². The summed E-state index contributed by atoms with van der Waals surface area (Å²) in [6.07, 6.45) is 6.69. The van der Waals surface area contributed by atoms with Gasteiger partial charge < -0.3 is 10.6 Å². The minimum Gasteiger partial charge on any atom is -0.370 e. The van der Waals surface area contributed by atoms with Gasteiger partial charge in [-0.3, -0.25) is 19.5 Å². The van der Waals surface area contributed by atoms with Crippen LogP contribution < -0.4 is 5.73 Å². The van der Waals surface area contributed by atoms with Crippen LogP contribution in [0.1, 0.15) is 44.2 Å². The van der Waals surface area contributed by atoms with Crippen molar-refractivity contribution in [2.24, 2.45) is 11.1 Å². The van der Waals surface area contributed by atoms with Crippen LogP contribution in [0.15, 0.2) is 24.4 Å². The van der Waals surface area contributed by atoms with Gasteiger partial charge in [-0.2, -0.15) is 0 Å². The lowest BCUT2D eigenvalue weighted by Crippen LogP contribution is -2.48. The average molecular weight is 344 g/mol. The van der Waals surface area contributed by atoms with Gasteiger partial charge >= 0.3 is 0 Å². The van der Waals surface area contributed by atoms with E-state index in [1.54, 1.807) is 0 Å². The molecule has 25 heavy (non-hydrogen) atoms. The van der Waals surface area contributed by atoms with Crippen molar-refractivity contribution >= 4 is 11.8 Å². The molecule has 1 aliphatic carbocycles. The highest BCUT2D eigenvalue weighted by molar-refractivity contribution is 5.80. The predicted octanol–water partition coefficient (Wildman–Crippen LogP) is 1.51. The van der Waals surface area contributed by atoms with Crippen LogP contribution in [0.2, 0.25) is 0 Å². The highest BCUT2D eigenvalue weighted by atomic mass is 16.2. The summed E-state index contributed by atoms with van der Waals surface area (Å²) in [7, 11) is 4.23. The molecular formula is C19H28N4O2. The maximum atomic E-state index is 12.4. The first-order chi connectivity index (χ1) is 11.9. The van der Waals surface area contributed by atoms with E-state index in [0.717, 1.165) is 37.9 Å². The van der Waals surface area contributed by atoms with Crippen LogP contribution in [0.3, 0.4) is 0 Å². The second-order valence-corrected chi connectivity index (χ2v) is 7.85. The van der Waals surface area contributed by atoms with Crippen molar-refractivity contribution in [2.45, 2.75) is 44.1 Å². The van der Waals surface area contributed by atoms with Crippen molar-refractivity contribution in [3.63, 3.8) is 0 Å². The van der Waals surface area contributed by atoms with Crippen LogP contribution in [0.4, 0.5) is 0 Å². The molecule has 6 nitrogen and oxygen atoms in total. The number of amides is 2. The number of carbonyl (C=O) groups is 2. The number of carbonyl (C=O) groups excluding carboxylic acids is 2. The summed E-state index contributed by atoms with van der Waals surface area (Å²) in [6.45, 7) is 1.21. The van der Waals surface area contributed by atoms with Gasteiger partial charge in [-0.25, -0.2) is 0 Å². The van der Waals surface area contributed by atoms with E-state index in [2.05, 4.69) is 30.0 Å². The molecule has 2 fully saturated rings. The first-order valence-corrected chi connectivity index (χ1v) is 9.02. The second kappa shape index (κ2) is 6.75. The Labute approximate surface area is 149 Å². The smallest absolute Gasteiger partial charge is 0.223 e. The van der Waals surface area contributed by atoms with Gasteiger partial charge in [0, 0.05) is 32.1 Å². The van der Waals surface area contributed by atoms with Gasteiger partial charge in [0.25, 0.3) is 0 Å². The standard InChI is InChI=1S/C19H28N4O2/c1-22(2)19(15-5-3-4-11-21-15)9-7-18(8-10-19)13-17(25)23(14-18)12-6-16(20)24/h3-5,11H,6-10,12-14H2,1-2H3,(H2,20,24)/t18-,19-. The van der Waals surface area contributed by atoms with Gasteiger partial charge in [-0.15, -0.1) is 0 Å². The minimum atomic E-state index is -0.348. The molecule has 2 heterocycles. The Kier molecular flexibility index (Phi) is 4.82. The molecule has 6 heteroatoms. The number of nitrogens with two attached hydrogens (primary N) is 1. The lowest BCUT2D eigenvalue weighted by molar-refractivity contribution is -0.128. The fourth-order valence-electron chi connectivity index (χ4n) is 4.53. The zero-order valence-corrected chi connectivity index (χ0v) is 15.2. The number of hydrogen-bond acceptors (Lipinski definition) is 4. The normalized spacial score (nSPS) is 29.6. The molecule has 1 aliphatic heterocycles. The molecule has 1 aromatic rings. The van der Waals surface area contributed by atoms with Crippen LogP contribution in [0, 0.1) is 5.41 Å². The van der Waals surface area contributed by atoms with Gasteiger partial charge in [0.15, 0.2) is 0 Å². The average Bonchev–Trinajstić information content (AvgIpc) is 2.90. The monoisotopic (exact) mass is 344 g/mol. The van der Waals surface area contributed by atoms with Crippen molar-refractivity contribution < 1.29 is 9.59 Å². The Morgan fingerprint density at radius 1 is 1.28 bits per heavy atom. The predicted molar refractivity (Wildman–Crippen MR) is 95.5 cm³/mol. The third-order valence-electron chi connectivity index (χ3n) is 6.17. The van der Waals surface area contributed by atoms with Gasteiger partial charge in [0.05, 0.1) is 11.2 Å². The number of nitrogens with zero attached hydrogens (tertiary/aromatic N) is 3. The third kappa shape index (κ3) is 3.40. The number of aromatic nitrogens is 1. The highest BCUT2D eigenvalue weighted by Crippen LogP contribution is 2.51. The molecule has 0 aromatic carbocycles. The zero-order chi connectivity index (χ0) is 18.1. The van der Waals surface area contributed by atoms with Gasteiger partial charge in [0.1, 0.15) is 0 Å². The number of likely N-dealkylation sites (tertiary alicyclic amines) is 1. The molecular weight excluding hydrogens is 316 g/mol. The molecule has 2 aliphatic rings. The Balaban J connectivity index is 1.72. The quantitative estimate of drug-likeness (QED) is 0.878. The molecule has 136 valence electrons. The molecule has 1 aromatic heterocycles. The van der Waals surface area contributed by atoms with E-state index in [9.17, 15) is 9.59 Å². The van der Waals surface area contributed by atoms with Gasteiger partial charge in [-0.1, -0.05) is 6.07 Å². The molecule has 1 spiro atoms. The fraction of sp³-hybridized carbons (Fsp3) is 0.632. The summed E-state index contributed by atoms with van der Waals surface area (Å²) < 4.78 is 0. The molecule has 1 saturated carbocycles. The van der Waals surface area contributed by atoms with E-state index in [4.69, 9.17) is 5.73 Å². The van der Waals surface area contributed by atoms with Crippen LogP contribution in [0.25, 0.3) is 0 Å².